The topological polar surface area (TPSA) is 51.5 Å². The molecule has 2 aromatic rings. The normalized spacial score (nSPS) is 19.4. The van der Waals surface area contributed by atoms with Gasteiger partial charge in [-0.05, 0) is 76.3 Å². The minimum absolute atomic E-state index is 0.0596. The molecule has 1 saturated carbocycles. The number of fused-ring (bicyclic) bond motifs is 1. The molecule has 0 N–H and O–H groups in total. The summed E-state index contributed by atoms with van der Waals surface area (Å²) in [5.41, 5.74) is 5.46. The van der Waals surface area contributed by atoms with Crippen LogP contribution in [0, 0.1) is 13.8 Å². The van der Waals surface area contributed by atoms with Crippen LogP contribution in [-0.2, 0) is 20.7 Å². The maximum atomic E-state index is 12.9. The molecule has 0 spiro atoms. The van der Waals surface area contributed by atoms with Gasteiger partial charge < -0.3 is 14.2 Å². The third-order valence-electron chi connectivity index (χ3n) is 5.92. The van der Waals surface area contributed by atoms with Crippen LogP contribution in [-0.4, -0.2) is 28.6 Å². The first kappa shape index (κ1) is 19.5. The van der Waals surface area contributed by atoms with Gasteiger partial charge in [0.2, 0.25) is 0 Å². The predicted molar refractivity (Wildman–Crippen MR) is 114 cm³/mol. The Morgan fingerprint density at radius 1 is 1.21 bits per heavy atom. The molecule has 4 rings (SSSR count). The van der Waals surface area contributed by atoms with Crippen LogP contribution < -0.4 is 4.90 Å². The number of hydrogen-bond acceptors (Lipinski definition) is 3. The van der Waals surface area contributed by atoms with E-state index in [9.17, 15) is 9.59 Å². The number of carbonyl (C=O) groups excluding carboxylic acids is 2. The molecule has 5 nitrogen and oxygen atoms in total. The summed E-state index contributed by atoms with van der Waals surface area (Å²) in [5, 5.41) is 0. The Balaban J connectivity index is 1.42. The van der Waals surface area contributed by atoms with E-state index in [1.54, 1.807) is 17.9 Å². The van der Waals surface area contributed by atoms with Crippen molar-refractivity contribution in [3.8, 4) is 0 Å². The summed E-state index contributed by atoms with van der Waals surface area (Å²) in [6.45, 7) is 7.83. The monoisotopic (exact) mass is 392 g/mol. The Morgan fingerprint density at radius 3 is 2.66 bits per heavy atom. The van der Waals surface area contributed by atoms with Gasteiger partial charge in [0.1, 0.15) is 0 Å². The minimum Gasteiger partial charge on any atom is -0.449 e. The highest BCUT2D eigenvalue weighted by Crippen LogP contribution is 2.38. The quantitative estimate of drug-likeness (QED) is 0.561. The lowest BCUT2D eigenvalue weighted by Crippen LogP contribution is -2.43. The summed E-state index contributed by atoms with van der Waals surface area (Å²) >= 11 is 0. The fraction of sp³-hybridized carbons (Fsp3) is 0.417. The van der Waals surface area contributed by atoms with Gasteiger partial charge in [-0.15, -0.1) is 0 Å². The van der Waals surface area contributed by atoms with Crippen LogP contribution in [0.1, 0.15) is 55.2 Å². The fourth-order valence-corrected chi connectivity index (χ4v) is 4.38. The van der Waals surface area contributed by atoms with E-state index in [4.69, 9.17) is 4.74 Å². The highest BCUT2D eigenvalue weighted by Gasteiger charge is 2.34. The number of esters is 1. The SMILES string of the molecule is Cc1cc(/C=C/C(=O)O[C@@H](C)C(=O)N2c3ccccc3C[C@@H]2C)c(C)n1C1CC1. The van der Waals surface area contributed by atoms with Gasteiger partial charge in [0.15, 0.2) is 6.10 Å². The Bertz CT molecular complexity index is 984. The van der Waals surface area contributed by atoms with E-state index in [0.29, 0.717) is 6.04 Å². The van der Waals surface area contributed by atoms with Crippen LogP contribution >= 0.6 is 0 Å². The Morgan fingerprint density at radius 2 is 1.93 bits per heavy atom. The van der Waals surface area contributed by atoms with E-state index in [1.165, 1.54) is 30.3 Å². The average Bonchev–Trinajstić information content (AvgIpc) is 3.39. The minimum atomic E-state index is -0.834. The molecular formula is C24H28N2O3. The van der Waals surface area contributed by atoms with Crippen LogP contribution in [0.25, 0.3) is 6.08 Å². The number of benzene rings is 1. The summed E-state index contributed by atoms with van der Waals surface area (Å²) in [5.74, 6) is -0.682. The highest BCUT2D eigenvalue weighted by atomic mass is 16.5. The molecule has 2 aliphatic rings. The van der Waals surface area contributed by atoms with Gasteiger partial charge in [0.25, 0.3) is 5.91 Å². The molecule has 0 saturated heterocycles. The van der Waals surface area contributed by atoms with E-state index >= 15 is 0 Å². The van der Waals surface area contributed by atoms with E-state index in [2.05, 4.69) is 24.5 Å². The second kappa shape index (κ2) is 7.54. The van der Waals surface area contributed by atoms with E-state index < -0.39 is 12.1 Å². The lowest BCUT2D eigenvalue weighted by molar-refractivity contribution is -0.149. The van der Waals surface area contributed by atoms with E-state index in [1.807, 2.05) is 31.2 Å². The standard InChI is InChI=1S/C24H28N2O3/c1-15-13-19(17(3)25(15)21-10-11-21)9-12-23(27)29-18(4)24(28)26-16(2)14-20-7-5-6-8-22(20)26/h5-9,12-13,16,18,21H,10-11,14H2,1-4H3/b12-9+/t16-,18-/m0/s1. The predicted octanol–water partition coefficient (Wildman–Crippen LogP) is 4.36. The Hall–Kier alpha value is -2.82. The highest BCUT2D eigenvalue weighted by molar-refractivity contribution is 6.00. The van der Waals surface area contributed by atoms with Crippen molar-refractivity contribution in [3.05, 3.63) is 58.9 Å². The number of aryl methyl sites for hydroxylation is 1. The van der Waals surface area contributed by atoms with Crippen LogP contribution in [0.2, 0.25) is 0 Å². The molecule has 1 fully saturated rings. The second-order valence-electron chi connectivity index (χ2n) is 8.23. The van der Waals surface area contributed by atoms with E-state index in [0.717, 1.165) is 23.2 Å². The number of rotatable bonds is 5. The van der Waals surface area contributed by atoms with Gasteiger partial charge in [-0.1, -0.05) is 18.2 Å². The number of ether oxygens (including phenoxy) is 1. The van der Waals surface area contributed by atoms with Gasteiger partial charge in [-0.2, -0.15) is 0 Å². The summed E-state index contributed by atoms with van der Waals surface area (Å²) < 4.78 is 7.76. The van der Waals surface area contributed by atoms with Gasteiger partial charge in [-0.3, -0.25) is 4.79 Å². The third kappa shape index (κ3) is 3.74. The number of carbonyl (C=O) groups is 2. The molecule has 1 aliphatic carbocycles. The summed E-state index contributed by atoms with van der Waals surface area (Å²) in [7, 11) is 0. The average molecular weight is 392 g/mol. The molecule has 29 heavy (non-hydrogen) atoms. The number of anilines is 1. The molecular weight excluding hydrogens is 364 g/mol. The largest absolute Gasteiger partial charge is 0.449 e. The van der Waals surface area contributed by atoms with Crippen molar-refractivity contribution in [1.82, 2.24) is 4.57 Å². The summed E-state index contributed by atoms with van der Waals surface area (Å²) in [4.78, 5) is 27.0. The Labute approximate surface area is 172 Å². The Kier molecular flexibility index (Phi) is 5.07. The number of nitrogens with zero attached hydrogens (tertiary/aromatic N) is 2. The van der Waals surface area contributed by atoms with Crippen molar-refractivity contribution < 1.29 is 14.3 Å². The fourth-order valence-electron chi connectivity index (χ4n) is 4.38. The second-order valence-corrected chi connectivity index (χ2v) is 8.23. The molecule has 2 heterocycles. The first-order chi connectivity index (χ1) is 13.9. The molecule has 0 bridgehead atoms. The van der Waals surface area contributed by atoms with Crippen molar-refractivity contribution in [3.63, 3.8) is 0 Å². The van der Waals surface area contributed by atoms with Crippen LogP contribution in [0.3, 0.4) is 0 Å². The molecule has 2 atom stereocenters. The first-order valence-electron chi connectivity index (χ1n) is 10.3. The van der Waals surface area contributed by atoms with Gasteiger partial charge in [0.05, 0.1) is 0 Å². The van der Waals surface area contributed by atoms with E-state index in [-0.39, 0.29) is 11.9 Å². The molecule has 1 aromatic heterocycles. The lowest BCUT2D eigenvalue weighted by Gasteiger charge is -2.25. The summed E-state index contributed by atoms with van der Waals surface area (Å²) in [6.07, 6.45) is 5.63. The van der Waals surface area contributed by atoms with Gasteiger partial charge in [-0.25, -0.2) is 4.79 Å². The molecule has 0 radical (unpaired) electrons. The molecule has 152 valence electrons. The lowest BCUT2D eigenvalue weighted by atomic mass is 10.1. The smallest absolute Gasteiger partial charge is 0.331 e. The van der Waals surface area contributed by atoms with Crippen molar-refractivity contribution >= 4 is 23.6 Å². The molecule has 1 aromatic carbocycles. The van der Waals surface area contributed by atoms with Crippen molar-refractivity contribution in [2.45, 2.75) is 65.1 Å². The zero-order chi connectivity index (χ0) is 20.7. The zero-order valence-electron chi connectivity index (χ0n) is 17.5. The van der Waals surface area contributed by atoms with Crippen LogP contribution in [0.5, 0.6) is 0 Å². The first-order valence-corrected chi connectivity index (χ1v) is 10.3. The maximum Gasteiger partial charge on any atom is 0.331 e. The molecule has 1 amide bonds. The molecule has 1 aliphatic heterocycles. The number of para-hydroxylation sites is 1. The maximum absolute atomic E-state index is 12.9. The number of hydrogen-bond donors (Lipinski definition) is 0. The number of amides is 1. The number of aromatic nitrogens is 1. The van der Waals surface area contributed by atoms with Crippen LogP contribution in [0.15, 0.2) is 36.4 Å². The zero-order valence-corrected chi connectivity index (χ0v) is 17.5. The van der Waals surface area contributed by atoms with Crippen molar-refractivity contribution in [2.24, 2.45) is 0 Å². The molecule has 5 heteroatoms. The third-order valence-corrected chi connectivity index (χ3v) is 5.92. The van der Waals surface area contributed by atoms with Gasteiger partial charge >= 0.3 is 5.97 Å². The van der Waals surface area contributed by atoms with Crippen LogP contribution in [0.4, 0.5) is 5.69 Å². The van der Waals surface area contributed by atoms with Crippen molar-refractivity contribution in [2.75, 3.05) is 4.90 Å². The molecule has 0 unspecified atom stereocenters. The van der Waals surface area contributed by atoms with Crippen molar-refractivity contribution in [1.29, 1.82) is 0 Å². The summed E-state index contributed by atoms with van der Waals surface area (Å²) in [6, 6.07) is 10.6. The van der Waals surface area contributed by atoms with Gasteiger partial charge in [0, 0.05) is 35.2 Å².